The van der Waals surface area contributed by atoms with E-state index in [-0.39, 0.29) is 6.61 Å². The third-order valence-corrected chi connectivity index (χ3v) is 3.60. The Morgan fingerprint density at radius 3 is 2.62 bits per heavy atom. The molecule has 1 N–H and O–H groups in total. The van der Waals surface area contributed by atoms with Crippen LogP contribution in [0.1, 0.15) is 5.56 Å². The van der Waals surface area contributed by atoms with Gasteiger partial charge in [-0.15, -0.1) is 0 Å². The molecule has 0 unspecified atom stereocenters. The first-order valence-electron chi connectivity index (χ1n) is 5.57. The zero-order valence-electron chi connectivity index (χ0n) is 9.23. The van der Waals surface area contributed by atoms with Gasteiger partial charge in [-0.25, -0.2) is 0 Å². The van der Waals surface area contributed by atoms with E-state index in [0.29, 0.717) is 0 Å². The predicted molar refractivity (Wildman–Crippen MR) is 72.1 cm³/mol. The van der Waals surface area contributed by atoms with Crippen LogP contribution in [0.3, 0.4) is 0 Å². The van der Waals surface area contributed by atoms with Gasteiger partial charge in [-0.2, -0.15) is 11.8 Å². The Labute approximate surface area is 100 Å². The summed E-state index contributed by atoms with van der Waals surface area (Å²) in [5.74, 6) is 1.92. The zero-order chi connectivity index (χ0) is 11.2. The highest BCUT2D eigenvalue weighted by molar-refractivity contribution is 7.99. The second kappa shape index (κ2) is 5.92. The van der Waals surface area contributed by atoms with Gasteiger partial charge in [0.05, 0.1) is 6.61 Å². The van der Waals surface area contributed by atoms with E-state index in [1.54, 1.807) is 11.8 Å². The van der Waals surface area contributed by atoms with Gasteiger partial charge in [-0.05, 0) is 28.5 Å². The normalized spacial score (nSPS) is 10.8. The van der Waals surface area contributed by atoms with Crippen LogP contribution in [0.2, 0.25) is 0 Å². The monoisotopic (exact) mass is 232 g/mol. The lowest BCUT2D eigenvalue weighted by atomic mass is 10.0. The largest absolute Gasteiger partial charge is 0.396 e. The van der Waals surface area contributed by atoms with Gasteiger partial charge in [0, 0.05) is 5.75 Å². The number of aliphatic hydroxyl groups is 1. The van der Waals surface area contributed by atoms with E-state index in [1.807, 2.05) is 0 Å². The van der Waals surface area contributed by atoms with E-state index in [2.05, 4.69) is 42.5 Å². The van der Waals surface area contributed by atoms with Crippen molar-refractivity contribution >= 4 is 22.5 Å². The molecule has 0 saturated heterocycles. The van der Waals surface area contributed by atoms with Gasteiger partial charge in [-0.3, -0.25) is 0 Å². The lowest BCUT2D eigenvalue weighted by Gasteiger charge is -2.05. The van der Waals surface area contributed by atoms with Crippen molar-refractivity contribution < 1.29 is 5.11 Å². The summed E-state index contributed by atoms with van der Waals surface area (Å²) in [6.07, 6.45) is 1.08. The van der Waals surface area contributed by atoms with Crippen molar-refractivity contribution in [2.75, 3.05) is 18.1 Å². The van der Waals surface area contributed by atoms with E-state index >= 15 is 0 Å². The summed E-state index contributed by atoms with van der Waals surface area (Å²) in [6.45, 7) is 0.278. The quantitative estimate of drug-likeness (QED) is 0.799. The number of rotatable bonds is 5. The molecule has 0 atom stereocenters. The maximum Gasteiger partial charge on any atom is 0.0521 e. The van der Waals surface area contributed by atoms with Crippen molar-refractivity contribution in [2.24, 2.45) is 0 Å². The Morgan fingerprint density at radius 2 is 1.75 bits per heavy atom. The summed E-state index contributed by atoms with van der Waals surface area (Å²) >= 11 is 1.81. The van der Waals surface area contributed by atoms with Gasteiger partial charge in [0.2, 0.25) is 0 Å². The van der Waals surface area contributed by atoms with E-state index in [1.165, 1.54) is 16.3 Å². The van der Waals surface area contributed by atoms with Gasteiger partial charge in [-0.1, -0.05) is 42.5 Å². The average molecular weight is 232 g/mol. The summed E-state index contributed by atoms with van der Waals surface area (Å²) in [5.41, 5.74) is 1.41. The topological polar surface area (TPSA) is 20.2 Å². The molecule has 0 aliphatic rings. The van der Waals surface area contributed by atoms with Crippen LogP contribution < -0.4 is 0 Å². The molecule has 84 valence electrons. The van der Waals surface area contributed by atoms with Gasteiger partial charge in [0.25, 0.3) is 0 Å². The summed E-state index contributed by atoms with van der Waals surface area (Å²) in [4.78, 5) is 0. The van der Waals surface area contributed by atoms with Crippen LogP contribution >= 0.6 is 11.8 Å². The Morgan fingerprint density at radius 1 is 0.938 bits per heavy atom. The molecular formula is C14H16OS. The number of hydrogen-bond donors (Lipinski definition) is 1. The van der Waals surface area contributed by atoms with Gasteiger partial charge in [0.1, 0.15) is 0 Å². The molecule has 0 radical (unpaired) electrons. The van der Waals surface area contributed by atoms with Crippen LogP contribution in [0.5, 0.6) is 0 Å². The van der Waals surface area contributed by atoms with Gasteiger partial charge >= 0.3 is 0 Å². The van der Waals surface area contributed by atoms with Crippen molar-refractivity contribution in [3.8, 4) is 0 Å². The molecule has 16 heavy (non-hydrogen) atoms. The Balaban J connectivity index is 2.11. The van der Waals surface area contributed by atoms with Crippen molar-refractivity contribution in [1.82, 2.24) is 0 Å². The van der Waals surface area contributed by atoms with Crippen molar-refractivity contribution in [3.05, 3.63) is 48.0 Å². The molecule has 2 rings (SSSR count). The smallest absolute Gasteiger partial charge is 0.0521 e. The molecular weight excluding hydrogens is 216 g/mol. The minimum absolute atomic E-state index is 0.278. The number of fused-ring (bicyclic) bond motifs is 1. The maximum atomic E-state index is 8.71. The van der Waals surface area contributed by atoms with E-state index < -0.39 is 0 Å². The standard InChI is InChI=1S/C14H16OS/c15-9-11-16-10-8-13-6-3-5-12-4-1-2-7-14(12)13/h1-7,15H,8-11H2. The average Bonchev–Trinajstić information content (AvgIpc) is 2.35. The lowest BCUT2D eigenvalue weighted by Crippen LogP contribution is -1.93. The number of aliphatic hydroxyl groups excluding tert-OH is 1. The highest BCUT2D eigenvalue weighted by Gasteiger charge is 1.99. The third-order valence-electron chi connectivity index (χ3n) is 2.63. The molecule has 1 nitrogen and oxygen atoms in total. The fourth-order valence-corrected chi connectivity index (χ4v) is 2.56. The zero-order valence-corrected chi connectivity index (χ0v) is 10.0. The SMILES string of the molecule is OCCSCCc1cccc2ccccc12. The summed E-state index contributed by atoms with van der Waals surface area (Å²) in [5, 5.41) is 11.4. The van der Waals surface area contributed by atoms with Crippen molar-refractivity contribution in [1.29, 1.82) is 0 Å². The number of thioether (sulfide) groups is 1. The first kappa shape index (κ1) is 11.5. The van der Waals surface area contributed by atoms with Crippen LogP contribution in [0.4, 0.5) is 0 Å². The van der Waals surface area contributed by atoms with E-state index in [0.717, 1.165) is 17.9 Å². The molecule has 0 amide bonds. The predicted octanol–water partition coefficient (Wildman–Crippen LogP) is 3.11. The van der Waals surface area contributed by atoms with E-state index in [4.69, 9.17) is 5.11 Å². The number of hydrogen-bond acceptors (Lipinski definition) is 2. The minimum atomic E-state index is 0.278. The molecule has 0 bridgehead atoms. The molecule has 0 fully saturated rings. The van der Waals surface area contributed by atoms with Crippen LogP contribution in [0.25, 0.3) is 10.8 Å². The second-order valence-corrected chi connectivity index (χ2v) is 4.95. The van der Waals surface area contributed by atoms with Crippen molar-refractivity contribution in [2.45, 2.75) is 6.42 Å². The van der Waals surface area contributed by atoms with Crippen LogP contribution in [-0.2, 0) is 6.42 Å². The number of aryl methyl sites for hydroxylation is 1. The minimum Gasteiger partial charge on any atom is -0.396 e. The molecule has 0 aliphatic carbocycles. The Hall–Kier alpha value is -0.990. The summed E-state index contributed by atoms with van der Waals surface area (Å²) in [6, 6.07) is 15.0. The molecule has 0 aliphatic heterocycles. The first-order valence-corrected chi connectivity index (χ1v) is 6.72. The van der Waals surface area contributed by atoms with Crippen LogP contribution in [-0.4, -0.2) is 23.2 Å². The molecule has 0 saturated carbocycles. The molecule has 2 aromatic rings. The first-order chi connectivity index (χ1) is 7.92. The highest BCUT2D eigenvalue weighted by atomic mass is 32.2. The van der Waals surface area contributed by atoms with Crippen molar-refractivity contribution in [3.63, 3.8) is 0 Å². The highest BCUT2D eigenvalue weighted by Crippen LogP contribution is 2.19. The van der Waals surface area contributed by atoms with Crippen LogP contribution in [0.15, 0.2) is 42.5 Å². The lowest BCUT2D eigenvalue weighted by molar-refractivity contribution is 0.322. The fraction of sp³-hybridized carbons (Fsp3) is 0.286. The third kappa shape index (κ3) is 2.77. The summed E-state index contributed by atoms with van der Waals surface area (Å²) in [7, 11) is 0. The molecule has 0 spiro atoms. The second-order valence-electron chi connectivity index (χ2n) is 3.72. The summed E-state index contributed by atoms with van der Waals surface area (Å²) < 4.78 is 0. The number of benzene rings is 2. The Kier molecular flexibility index (Phi) is 4.25. The van der Waals surface area contributed by atoms with Crippen LogP contribution in [0, 0.1) is 0 Å². The molecule has 0 heterocycles. The van der Waals surface area contributed by atoms with E-state index in [9.17, 15) is 0 Å². The fourth-order valence-electron chi connectivity index (χ4n) is 1.86. The molecule has 2 heteroatoms. The maximum absolute atomic E-state index is 8.71. The Bertz CT molecular complexity index is 448. The van der Waals surface area contributed by atoms with Gasteiger partial charge < -0.3 is 5.11 Å². The molecule has 2 aromatic carbocycles. The van der Waals surface area contributed by atoms with Gasteiger partial charge in [0.15, 0.2) is 0 Å². The molecule has 0 aromatic heterocycles.